The summed E-state index contributed by atoms with van der Waals surface area (Å²) in [6, 6.07) is 15.2. The number of benzene rings is 2. The third-order valence-corrected chi connectivity index (χ3v) is 5.42. The molecule has 3 rings (SSSR count). The van der Waals surface area contributed by atoms with E-state index in [4.69, 9.17) is 5.11 Å². The van der Waals surface area contributed by atoms with Gasteiger partial charge in [-0.05, 0) is 61.5 Å². The fraction of sp³-hybridized carbons (Fsp3) is 0.417. The number of hydrogen-bond donors (Lipinski definition) is 1. The molecule has 1 N–H and O–H groups in total. The van der Waals surface area contributed by atoms with Gasteiger partial charge in [-0.1, -0.05) is 50.2 Å². The molecule has 4 nitrogen and oxygen atoms in total. The Bertz CT molecular complexity index is 818. The summed E-state index contributed by atoms with van der Waals surface area (Å²) < 4.78 is 0. The van der Waals surface area contributed by atoms with Crippen molar-refractivity contribution in [2.75, 3.05) is 13.1 Å². The number of piperidine rings is 1. The molecule has 2 aromatic carbocycles. The SMILES string of the molecule is CC(C)Cc1ccc(C(=O)C2CCN(Cc3cccc(C(=O)O)c3)CC2)cc1. The molecule has 0 unspecified atom stereocenters. The molecule has 1 aliphatic heterocycles. The van der Waals surface area contributed by atoms with Gasteiger partial charge in [0.2, 0.25) is 0 Å². The molecular weight excluding hydrogens is 350 g/mol. The van der Waals surface area contributed by atoms with Crippen molar-refractivity contribution in [3.63, 3.8) is 0 Å². The van der Waals surface area contributed by atoms with Crippen LogP contribution in [0.1, 0.15) is 58.5 Å². The molecule has 2 aromatic rings. The zero-order chi connectivity index (χ0) is 20.1. The first kappa shape index (κ1) is 20.3. The first-order valence-electron chi connectivity index (χ1n) is 10.1. The van der Waals surface area contributed by atoms with E-state index >= 15 is 0 Å². The van der Waals surface area contributed by atoms with Crippen molar-refractivity contribution >= 4 is 11.8 Å². The average molecular weight is 380 g/mol. The van der Waals surface area contributed by atoms with Gasteiger partial charge < -0.3 is 5.11 Å². The number of ketones is 1. The highest BCUT2D eigenvalue weighted by atomic mass is 16.4. The van der Waals surface area contributed by atoms with Gasteiger partial charge >= 0.3 is 5.97 Å². The smallest absolute Gasteiger partial charge is 0.335 e. The van der Waals surface area contributed by atoms with Crippen LogP contribution < -0.4 is 0 Å². The number of aromatic carboxylic acids is 1. The third kappa shape index (κ3) is 5.29. The Hall–Kier alpha value is -2.46. The van der Waals surface area contributed by atoms with E-state index in [9.17, 15) is 9.59 Å². The lowest BCUT2D eigenvalue weighted by Crippen LogP contribution is -2.36. The molecule has 1 aliphatic rings. The van der Waals surface area contributed by atoms with E-state index < -0.39 is 5.97 Å². The predicted octanol–water partition coefficient (Wildman–Crippen LogP) is 4.68. The van der Waals surface area contributed by atoms with Crippen LogP contribution in [0.4, 0.5) is 0 Å². The maximum absolute atomic E-state index is 12.8. The van der Waals surface area contributed by atoms with Crippen molar-refractivity contribution in [1.29, 1.82) is 0 Å². The molecule has 0 saturated carbocycles. The van der Waals surface area contributed by atoms with Gasteiger partial charge in [0, 0.05) is 18.0 Å². The molecule has 0 spiro atoms. The molecule has 0 radical (unpaired) electrons. The van der Waals surface area contributed by atoms with Crippen LogP contribution in [0.3, 0.4) is 0 Å². The minimum atomic E-state index is -0.898. The van der Waals surface area contributed by atoms with Crippen LogP contribution in [0.5, 0.6) is 0 Å². The Morgan fingerprint density at radius 1 is 1.00 bits per heavy atom. The van der Waals surface area contributed by atoms with Gasteiger partial charge in [-0.15, -0.1) is 0 Å². The molecule has 0 atom stereocenters. The van der Waals surface area contributed by atoms with Crippen LogP contribution in [0, 0.1) is 11.8 Å². The van der Waals surface area contributed by atoms with E-state index in [1.54, 1.807) is 18.2 Å². The monoisotopic (exact) mass is 379 g/mol. The summed E-state index contributed by atoms with van der Waals surface area (Å²) >= 11 is 0. The van der Waals surface area contributed by atoms with Crippen LogP contribution >= 0.6 is 0 Å². The molecule has 4 heteroatoms. The summed E-state index contributed by atoms with van der Waals surface area (Å²) in [5, 5.41) is 9.13. The van der Waals surface area contributed by atoms with E-state index in [1.807, 2.05) is 18.2 Å². The van der Waals surface area contributed by atoms with Crippen molar-refractivity contribution < 1.29 is 14.7 Å². The molecule has 28 heavy (non-hydrogen) atoms. The van der Waals surface area contributed by atoms with Gasteiger partial charge in [0.25, 0.3) is 0 Å². The molecular formula is C24H29NO3. The Labute approximate surface area is 167 Å². The minimum Gasteiger partial charge on any atom is -0.478 e. The summed E-state index contributed by atoms with van der Waals surface area (Å²) in [6.45, 7) is 6.85. The van der Waals surface area contributed by atoms with Gasteiger partial charge in [0.15, 0.2) is 5.78 Å². The van der Waals surface area contributed by atoms with Crippen molar-refractivity contribution in [3.05, 3.63) is 70.8 Å². The summed E-state index contributed by atoms with van der Waals surface area (Å²) in [5.74, 6) is 0.0498. The summed E-state index contributed by atoms with van der Waals surface area (Å²) in [4.78, 5) is 26.3. The predicted molar refractivity (Wildman–Crippen MR) is 111 cm³/mol. The number of nitrogens with zero attached hydrogens (tertiary/aromatic N) is 1. The third-order valence-electron chi connectivity index (χ3n) is 5.42. The number of rotatable bonds is 7. The fourth-order valence-electron chi connectivity index (χ4n) is 3.93. The largest absolute Gasteiger partial charge is 0.478 e. The Kier molecular flexibility index (Phi) is 6.63. The highest BCUT2D eigenvalue weighted by molar-refractivity contribution is 5.97. The standard InChI is InChI=1S/C24H29NO3/c1-17(2)14-18-6-8-20(9-7-18)23(26)21-10-12-25(13-11-21)16-19-4-3-5-22(15-19)24(27)28/h3-9,15,17,21H,10-14,16H2,1-2H3,(H,27,28). The van der Waals surface area contributed by atoms with Gasteiger partial charge in [0.1, 0.15) is 0 Å². The zero-order valence-electron chi connectivity index (χ0n) is 16.7. The fourth-order valence-corrected chi connectivity index (χ4v) is 3.93. The maximum atomic E-state index is 12.8. The summed E-state index contributed by atoms with van der Waals surface area (Å²) in [7, 11) is 0. The van der Waals surface area contributed by atoms with Crippen molar-refractivity contribution in [3.8, 4) is 0 Å². The van der Waals surface area contributed by atoms with E-state index in [2.05, 4.69) is 30.9 Å². The number of Topliss-reactive ketones (excluding diaryl/α,β-unsaturated/α-hetero) is 1. The van der Waals surface area contributed by atoms with Crippen molar-refractivity contribution in [2.45, 2.75) is 39.7 Å². The number of likely N-dealkylation sites (tertiary alicyclic amines) is 1. The number of carbonyl (C=O) groups is 2. The number of carbonyl (C=O) groups excluding carboxylic acids is 1. The molecule has 1 heterocycles. The topological polar surface area (TPSA) is 57.6 Å². The quantitative estimate of drug-likeness (QED) is 0.710. The summed E-state index contributed by atoms with van der Waals surface area (Å²) in [5.41, 5.74) is 3.43. The first-order valence-corrected chi connectivity index (χ1v) is 10.1. The first-order chi connectivity index (χ1) is 13.4. The zero-order valence-corrected chi connectivity index (χ0v) is 16.7. The molecule has 1 saturated heterocycles. The lowest BCUT2D eigenvalue weighted by atomic mass is 9.88. The Balaban J connectivity index is 1.54. The number of carboxylic acids is 1. The number of carboxylic acid groups (broad SMARTS) is 1. The van der Waals surface area contributed by atoms with E-state index in [-0.39, 0.29) is 11.7 Å². The van der Waals surface area contributed by atoms with Crippen LogP contribution in [0.2, 0.25) is 0 Å². The highest BCUT2D eigenvalue weighted by Crippen LogP contribution is 2.24. The molecule has 1 fully saturated rings. The average Bonchev–Trinajstić information content (AvgIpc) is 2.68. The van der Waals surface area contributed by atoms with Crippen molar-refractivity contribution in [1.82, 2.24) is 4.90 Å². The highest BCUT2D eigenvalue weighted by Gasteiger charge is 2.25. The van der Waals surface area contributed by atoms with Gasteiger partial charge in [-0.2, -0.15) is 0 Å². The van der Waals surface area contributed by atoms with Gasteiger partial charge in [0.05, 0.1) is 5.56 Å². The minimum absolute atomic E-state index is 0.0811. The van der Waals surface area contributed by atoms with Crippen LogP contribution in [0.15, 0.2) is 48.5 Å². The lowest BCUT2D eigenvalue weighted by molar-refractivity contribution is 0.0695. The second kappa shape index (κ2) is 9.16. The molecule has 0 aromatic heterocycles. The van der Waals surface area contributed by atoms with E-state index in [0.29, 0.717) is 11.5 Å². The van der Waals surface area contributed by atoms with E-state index in [1.165, 1.54) is 5.56 Å². The Morgan fingerprint density at radius 2 is 1.68 bits per heavy atom. The molecule has 0 amide bonds. The molecule has 0 aliphatic carbocycles. The van der Waals surface area contributed by atoms with Gasteiger partial charge in [-0.3, -0.25) is 9.69 Å². The second-order valence-electron chi connectivity index (χ2n) is 8.22. The lowest BCUT2D eigenvalue weighted by Gasteiger charge is -2.31. The molecule has 0 bridgehead atoms. The second-order valence-corrected chi connectivity index (χ2v) is 8.22. The normalized spacial score (nSPS) is 15.7. The van der Waals surface area contributed by atoms with Crippen molar-refractivity contribution in [2.24, 2.45) is 11.8 Å². The molecule has 148 valence electrons. The Morgan fingerprint density at radius 3 is 2.29 bits per heavy atom. The number of hydrogen-bond acceptors (Lipinski definition) is 3. The van der Waals surface area contributed by atoms with Gasteiger partial charge in [-0.25, -0.2) is 4.79 Å². The van der Waals surface area contributed by atoms with Crippen LogP contribution in [-0.2, 0) is 13.0 Å². The maximum Gasteiger partial charge on any atom is 0.335 e. The summed E-state index contributed by atoms with van der Waals surface area (Å²) in [6.07, 6.45) is 2.74. The van der Waals surface area contributed by atoms with Crippen LogP contribution in [0.25, 0.3) is 0 Å². The van der Waals surface area contributed by atoms with E-state index in [0.717, 1.165) is 50.0 Å². The van der Waals surface area contributed by atoms with Crippen LogP contribution in [-0.4, -0.2) is 34.8 Å².